The SMILES string of the molecule is CC(c1ccc(F)cc1Br)N1CCCC2CNCC21. The largest absolute Gasteiger partial charge is 0.315 e. The van der Waals surface area contributed by atoms with Crippen LogP contribution in [0.3, 0.4) is 0 Å². The van der Waals surface area contributed by atoms with E-state index in [2.05, 4.69) is 33.1 Å². The van der Waals surface area contributed by atoms with Gasteiger partial charge in [-0.05, 0) is 56.5 Å². The summed E-state index contributed by atoms with van der Waals surface area (Å²) in [5.41, 5.74) is 1.19. The van der Waals surface area contributed by atoms with Gasteiger partial charge in [0.25, 0.3) is 0 Å². The molecule has 1 N–H and O–H groups in total. The molecule has 0 radical (unpaired) electrons. The molecule has 1 aromatic rings. The number of piperidine rings is 1. The lowest BCUT2D eigenvalue weighted by Gasteiger charge is -2.41. The third-order valence-corrected chi connectivity index (χ3v) is 5.32. The van der Waals surface area contributed by atoms with E-state index in [-0.39, 0.29) is 5.82 Å². The second-order valence-corrected chi connectivity index (χ2v) is 6.56. The number of hydrogen-bond acceptors (Lipinski definition) is 2. The van der Waals surface area contributed by atoms with E-state index in [4.69, 9.17) is 0 Å². The van der Waals surface area contributed by atoms with Crippen LogP contribution in [-0.4, -0.2) is 30.6 Å². The van der Waals surface area contributed by atoms with Crippen molar-refractivity contribution in [3.63, 3.8) is 0 Å². The van der Waals surface area contributed by atoms with Crippen LogP contribution in [0.4, 0.5) is 4.39 Å². The van der Waals surface area contributed by atoms with E-state index in [9.17, 15) is 4.39 Å². The third-order valence-electron chi connectivity index (χ3n) is 4.63. The molecule has 0 aromatic heterocycles. The molecule has 2 aliphatic rings. The van der Waals surface area contributed by atoms with Crippen LogP contribution in [0, 0.1) is 11.7 Å². The maximum absolute atomic E-state index is 13.2. The van der Waals surface area contributed by atoms with E-state index < -0.39 is 0 Å². The first kappa shape index (κ1) is 13.5. The Morgan fingerprint density at radius 2 is 2.26 bits per heavy atom. The topological polar surface area (TPSA) is 15.3 Å². The number of fused-ring (bicyclic) bond motifs is 1. The van der Waals surface area contributed by atoms with Crippen molar-refractivity contribution in [2.24, 2.45) is 5.92 Å². The minimum Gasteiger partial charge on any atom is -0.315 e. The molecule has 3 atom stereocenters. The molecule has 0 spiro atoms. The number of halogens is 2. The molecule has 0 amide bonds. The second kappa shape index (κ2) is 5.51. The van der Waals surface area contributed by atoms with Crippen LogP contribution in [0.5, 0.6) is 0 Å². The Morgan fingerprint density at radius 3 is 3.05 bits per heavy atom. The van der Waals surface area contributed by atoms with E-state index in [0.717, 1.165) is 30.0 Å². The van der Waals surface area contributed by atoms with Gasteiger partial charge in [-0.3, -0.25) is 4.90 Å². The molecule has 0 saturated carbocycles. The molecule has 2 heterocycles. The van der Waals surface area contributed by atoms with Gasteiger partial charge in [-0.15, -0.1) is 0 Å². The third kappa shape index (κ3) is 2.58. The van der Waals surface area contributed by atoms with Gasteiger partial charge in [0, 0.05) is 23.1 Å². The fraction of sp³-hybridized carbons (Fsp3) is 0.600. The minimum atomic E-state index is -0.179. The van der Waals surface area contributed by atoms with Gasteiger partial charge in [0.15, 0.2) is 0 Å². The average molecular weight is 327 g/mol. The summed E-state index contributed by atoms with van der Waals surface area (Å²) >= 11 is 3.50. The summed E-state index contributed by atoms with van der Waals surface area (Å²) in [5.74, 6) is 0.609. The highest BCUT2D eigenvalue weighted by Crippen LogP contribution is 2.35. The van der Waals surface area contributed by atoms with Gasteiger partial charge >= 0.3 is 0 Å². The molecule has 2 nitrogen and oxygen atoms in total. The van der Waals surface area contributed by atoms with Crippen LogP contribution < -0.4 is 5.32 Å². The predicted molar refractivity (Wildman–Crippen MR) is 78.6 cm³/mol. The summed E-state index contributed by atoms with van der Waals surface area (Å²) < 4.78 is 14.1. The summed E-state index contributed by atoms with van der Waals surface area (Å²) in [5, 5.41) is 3.51. The highest BCUT2D eigenvalue weighted by molar-refractivity contribution is 9.10. The zero-order chi connectivity index (χ0) is 13.4. The van der Waals surface area contributed by atoms with Gasteiger partial charge in [0.05, 0.1) is 0 Å². The molecule has 104 valence electrons. The molecule has 0 bridgehead atoms. The monoisotopic (exact) mass is 326 g/mol. The van der Waals surface area contributed by atoms with Gasteiger partial charge < -0.3 is 5.32 Å². The summed E-state index contributed by atoms with van der Waals surface area (Å²) in [7, 11) is 0. The molecule has 2 fully saturated rings. The Balaban J connectivity index is 1.84. The maximum atomic E-state index is 13.2. The standard InChI is InChI=1S/C15H20BrFN2/c1-10(13-5-4-12(17)7-14(13)16)19-6-2-3-11-8-18-9-15(11)19/h4-5,7,10-11,15,18H,2-3,6,8-9H2,1H3. The summed E-state index contributed by atoms with van der Waals surface area (Å²) in [6.07, 6.45) is 2.61. The molecule has 3 rings (SSSR count). The number of hydrogen-bond donors (Lipinski definition) is 1. The van der Waals surface area contributed by atoms with Crippen molar-refractivity contribution in [1.82, 2.24) is 10.2 Å². The smallest absolute Gasteiger partial charge is 0.124 e. The summed E-state index contributed by atoms with van der Waals surface area (Å²) in [6, 6.07) is 6.02. The van der Waals surface area contributed by atoms with Crippen molar-refractivity contribution >= 4 is 15.9 Å². The van der Waals surface area contributed by atoms with Crippen molar-refractivity contribution in [2.45, 2.75) is 31.8 Å². The first-order valence-electron chi connectivity index (χ1n) is 7.08. The second-order valence-electron chi connectivity index (χ2n) is 5.71. The molecule has 19 heavy (non-hydrogen) atoms. The van der Waals surface area contributed by atoms with Crippen LogP contribution in [0.1, 0.15) is 31.4 Å². The highest BCUT2D eigenvalue weighted by Gasteiger charge is 2.37. The van der Waals surface area contributed by atoms with E-state index in [0.29, 0.717) is 12.1 Å². The zero-order valence-corrected chi connectivity index (χ0v) is 12.8. The normalized spacial score (nSPS) is 29.2. The number of nitrogens with zero attached hydrogens (tertiary/aromatic N) is 1. The van der Waals surface area contributed by atoms with Gasteiger partial charge in [-0.25, -0.2) is 4.39 Å². The lowest BCUT2D eigenvalue weighted by molar-refractivity contribution is 0.0844. The Kier molecular flexibility index (Phi) is 3.92. The molecular formula is C15H20BrFN2. The molecule has 3 unspecified atom stereocenters. The Hall–Kier alpha value is -0.450. The quantitative estimate of drug-likeness (QED) is 0.896. The first-order valence-corrected chi connectivity index (χ1v) is 7.87. The van der Waals surface area contributed by atoms with E-state index in [1.165, 1.54) is 18.4 Å². The fourth-order valence-corrected chi connectivity index (χ4v) is 4.29. The van der Waals surface area contributed by atoms with Crippen LogP contribution >= 0.6 is 15.9 Å². The molecule has 0 aliphatic carbocycles. The van der Waals surface area contributed by atoms with Gasteiger partial charge in [-0.2, -0.15) is 0 Å². The number of benzene rings is 1. The first-order chi connectivity index (χ1) is 9.16. The predicted octanol–water partition coefficient (Wildman–Crippen LogP) is 3.33. The molecular weight excluding hydrogens is 307 g/mol. The van der Waals surface area contributed by atoms with Gasteiger partial charge in [0.1, 0.15) is 5.82 Å². The Labute approximate surface area is 122 Å². The van der Waals surface area contributed by atoms with E-state index in [1.807, 2.05) is 6.07 Å². The number of likely N-dealkylation sites (tertiary alicyclic amines) is 1. The summed E-state index contributed by atoms with van der Waals surface area (Å²) in [4.78, 5) is 2.59. The average Bonchev–Trinajstić information content (AvgIpc) is 2.86. The lowest BCUT2D eigenvalue weighted by atomic mass is 9.90. The van der Waals surface area contributed by atoms with Crippen LogP contribution in [0.2, 0.25) is 0 Å². The van der Waals surface area contributed by atoms with Crippen molar-refractivity contribution in [3.05, 3.63) is 34.1 Å². The Bertz CT molecular complexity index is 465. The van der Waals surface area contributed by atoms with Crippen LogP contribution in [0.25, 0.3) is 0 Å². The number of nitrogens with one attached hydrogen (secondary N) is 1. The van der Waals surface area contributed by atoms with Crippen LogP contribution in [-0.2, 0) is 0 Å². The van der Waals surface area contributed by atoms with E-state index >= 15 is 0 Å². The molecule has 4 heteroatoms. The Morgan fingerprint density at radius 1 is 1.42 bits per heavy atom. The van der Waals surface area contributed by atoms with Gasteiger partial charge in [-0.1, -0.05) is 22.0 Å². The van der Waals surface area contributed by atoms with E-state index in [1.54, 1.807) is 12.1 Å². The number of rotatable bonds is 2. The van der Waals surface area contributed by atoms with Crippen molar-refractivity contribution < 1.29 is 4.39 Å². The maximum Gasteiger partial charge on any atom is 0.124 e. The molecule has 2 aliphatic heterocycles. The molecule has 2 saturated heterocycles. The zero-order valence-electron chi connectivity index (χ0n) is 11.2. The van der Waals surface area contributed by atoms with Crippen molar-refractivity contribution in [3.8, 4) is 0 Å². The highest BCUT2D eigenvalue weighted by atomic mass is 79.9. The molecule has 1 aromatic carbocycles. The van der Waals surface area contributed by atoms with Crippen LogP contribution in [0.15, 0.2) is 22.7 Å². The summed E-state index contributed by atoms with van der Waals surface area (Å²) in [6.45, 7) is 5.62. The van der Waals surface area contributed by atoms with Gasteiger partial charge in [0.2, 0.25) is 0 Å². The fourth-order valence-electron chi connectivity index (χ4n) is 3.60. The van der Waals surface area contributed by atoms with Crippen molar-refractivity contribution in [1.29, 1.82) is 0 Å². The minimum absolute atomic E-state index is 0.179. The lowest BCUT2D eigenvalue weighted by Crippen LogP contribution is -2.46. The van der Waals surface area contributed by atoms with Crippen molar-refractivity contribution in [2.75, 3.05) is 19.6 Å².